The fraction of sp³-hybridized carbons (Fsp3) is 0.909. The number of carbonyl (C=O) groups excluding carboxylic acids is 1. The second-order valence-electron chi connectivity index (χ2n) is 5.22. The van der Waals surface area contributed by atoms with E-state index in [1.165, 1.54) is 0 Å². The van der Waals surface area contributed by atoms with Crippen LogP contribution in [-0.4, -0.2) is 38.4 Å². The van der Waals surface area contributed by atoms with Gasteiger partial charge in [0.2, 0.25) is 5.91 Å². The molecule has 0 bridgehead atoms. The van der Waals surface area contributed by atoms with E-state index in [1.807, 2.05) is 0 Å². The Hall–Kier alpha value is -0.620. The molecular formula is C11H20N2O3S. The van der Waals surface area contributed by atoms with E-state index in [-0.39, 0.29) is 29.4 Å². The van der Waals surface area contributed by atoms with Gasteiger partial charge in [-0.1, -0.05) is 0 Å². The predicted molar refractivity (Wildman–Crippen MR) is 65.1 cm³/mol. The van der Waals surface area contributed by atoms with Crippen LogP contribution in [0.5, 0.6) is 0 Å². The first kappa shape index (κ1) is 12.8. The van der Waals surface area contributed by atoms with Crippen molar-refractivity contribution in [2.75, 3.05) is 18.1 Å². The smallest absolute Gasteiger partial charge is 0.220 e. The van der Waals surface area contributed by atoms with Crippen molar-refractivity contribution in [1.82, 2.24) is 5.32 Å². The first-order chi connectivity index (χ1) is 8.00. The summed E-state index contributed by atoms with van der Waals surface area (Å²) in [6.07, 6.45) is 3.22. The van der Waals surface area contributed by atoms with Crippen molar-refractivity contribution in [2.24, 2.45) is 17.6 Å². The van der Waals surface area contributed by atoms with Crippen molar-refractivity contribution in [3.63, 3.8) is 0 Å². The highest BCUT2D eigenvalue weighted by atomic mass is 32.2. The molecule has 1 amide bonds. The summed E-state index contributed by atoms with van der Waals surface area (Å²) in [5.41, 5.74) is 5.60. The summed E-state index contributed by atoms with van der Waals surface area (Å²) in [6, 6.07) is 0.0838. The van der Waals surface area contributed by atoms with Crippen molar-refractivity contribution in [3.05, 3.63) is 0 Å². The third-order valence-corrected chi connectivity index (χ3v) is 5.43. The fourth-order valence-electron chi connectivity index (χ4n) is 2.43. The van der Waals surface area contributed by atoms with Crippen LogP contribution in [0.1, 0.15) is 25.7 Å². The van der Waals surface area contributed by atoms with Gasteiger partial charge >= 0.3 is 0 Å². The first-order valence-corrected chi connectivity index (χ1v) is 8.02. The zero-order chi connectivity index (χ0) is 12.5. The van der Waals surface area contributed by atoms with Crippen LogP contribution in [0.25, 0.3) is 0 Å². The number of hydrogen-bond acceptors (Lipinski definition) is 4. The molecule has 6 heteroatoms. The zero-order valence-corrected chi connectivity index (χ0v) is 10.7. The Labute approximate surface area is 102 Å². The summed E-state index contributed by atoms with van der Waals surface area (Å²) in [7, 11) is -2.88. The summed E-state index contributed by atoms with van der Waals surface area (Å²) < 4.78 is 22.5. The number of amides is 1. The molecule has 0 aromatic carbocycles. The average molecular weight is 260 g/mol. The lowest BCUT2D eigenvalue weighted by molar-refractivity contribution is -0.122. The topological polar surface area (TPSA) is 89.3 Å². The van der Waals surface area contributed by atoms with Crippen LogP contribution in [0.15, 0.2) is 0 Å². The Morgan fingerprint density at radius 2 is 2.06 bits per heavy atom. The van der Waals surface area contributed by atoms with Crippen molar-refractivity contribution < 1.29 is 13.2 Å². The molecule has 0 aromatic heterocycles. The lowest BCUT2D eigenvalue weighted by Gasteiger charge is -2.17. The second-order valence-corrected chi connectivity index (χ2v) is 7.45. The Morgan fingerprint density at radius 1 is 1.35 bits per heavy atom. The molecule has 1 aliphatic carbocycles. The Bertz CT molecular complexity index is 390. The zero-order valence-electron chi connectivity index (χ0n) is 9.89. The fourth-order valence-corrected chi connectivity index (χ4v) is 4.29. The minimum atomic E-state index is -2.88. The number of rotatable bonds is 5. The maximum Gasteiger partial charge on any atom is 0.220 e. The molecule has 17 heavy (non-hydrogen) atoms. The Balaban J connectivity index is 1.77. The number of carbonyl (C=O) groups is 1. The van der Waals surface area contributed by atoms with E-state index in [2.05, 4.69) is 5.32 Å². The van der Waals surface area contributed by atoms with Gasteiger partial charge in [0.25, 0.3) is 0 Å². The third kappa shape index (κ3) is 3.67. The molecule has 0 radical (unpaired) electrons. The van der Waals surface area contributed by atoms with Gasteiger partial charge in [0, 0.05) is 19.0 Å². The molecule has 0 spiro atoms. The minimum Gasteiger partial charge on any atom is -0.352 e. The van der Waals surface area contributed by atoms with E-state index in [0.717, 1.165) is 12.8 Å². The van der Waals surface area contributed by atoms with Gasteiger partial charge in [0.1, 0.15) is 0 Å². The highest BCUT2D eigenvalue weighted by molar-refractivity contribution is 7.91. The first-order valence-electron chi connectivity index (χ1n) is 6.20. The van der Waals surface area contributed by atoms with Gasteiger partial charge in [0.15, 0.2) is 9.84 Å². The maximum absolute atomic E-state index is 11.8. The van der Waals surface area contributed by atoms with Crippen LogP contribution in [0.4, 0.5) is 0 Å². The Morgan fingerprint density at radius 3 is 2.53 bits per heavy atom. The molecule has 98 valence electrons. The molecule has 2 rings (SSSR count). The van der Waals surface area contributed by atoms with Crippen molar-refractivity contribution in [2.45, 2.75) is 31.7 Å². The van der Waals surface area contributed by atoms with Gasteiger partial charge in [-0.05, 0) is 31.1 Å². The molecule has 2 aliphatic rings. The molecule has 0 aromatic rings. The van der Waals surface area contributed by atoms with Crippen LogP contribution >= 0.6 is 0 Å². The Kier molecular flexibility index (Phi) is 3.73. The SMILES string of the molecule is NCC(NC(=O)CC1CCS(=O)(=O)C1)C1CC1. The van der Waals surface area contributed by atoms with E-state index < -0.39 is 9.84 Å². The monoisotopic (exact) mass is 260 g/mol. The molecule has 2 atom stereocenters. The van der Waals surface area contributed by atoms with Gasteiger partial charge < -0.3 is 11.1 Å². The van der Waals surface area contributed by atoms with Crippen LogP contribution < -0.4 is 11.1 Å². The molecular weight excluding hydrogens is 240 g/mol. The summed E-state index contributed by atoms with van der Waals surface area (Å²) >= 11 is 0. The third-order valence-electron chi connectivity index (χ3n) is 3.59. The standard InChI is InChI=1S/C11H20N2O3S/c12-6-10(9-1-2-9)13-11(14)5-8-3-4-17(15,16)7-8/h8-10H,1-7,12H2,(H,13,14). The molecule has 2 unspecified atom stereocenters. The summed E-state index contributed by atoms with van der Waals surface area (Å²) in [5.74, 6) is 0.883. The second kappa shape index (κ2) is 4.94. The normalized spacial score (nSPS) is 28.9. The van der Waals surface area contributed by atoms with Crippen LogP contribution in [-0.2, 0) is 14.6 Å². The number of sulfone groups is 1. The van der Waals surface area contributed by atoms with E-state index in [0.29, 0.717) is 25.3 Å². The van der Waals surface area contributed by atoms with E-state index >= 15 is 0 Å². The number of nitrogens with two attached hydrogens (primary N) is 1. The lowest BCUT2D eigenvalue weighted by atomic mass is 10.0. The van der Waals surface area contributed by atoms with Gasteiger partial charge in [-0.25, -0.2) is 8.42 Å². The quantitative estimate of drug-likeness (QED) is 0.708. The van der Waals surface area contributed by atoms with E-state index in [1.54, 1.807) is 0 Å². The van der Waals surface area contributed by atoms with Crippen molar-refractivity contribution >= 4 is 15.7 Å². The molecule has 1 saturated carbocycles. The van der Waals surface area contributed by atoms with Gasteiger partial charge in [-0.3, -0.25) is 4.79 Å². The lowest BCUT2D eigenvalue weighted by Crippen LogP contribution is -2.42. The summed E-state index contributed by atoms with van der Waals surface area (Å²) in [5, 5.41) is 2.92. The van der Waals surface area contributed by atoms with Crippen LogP contribution in [0.2, 0.25) is 0 Å². The van der Waals surface area contributed by atoms with Crippen molar-refractivity contribution in [3.8, 4) is 0 Å². The van der Waals surface area contributed by atoms with Crippen LogP contribution in [0, 0.1) is 11.8 Å². The predicted octanol–water partition coefficient (Wildman–Crippen LogP) is -0.335. The largest absolute Gasteiger partial charge is 0.352 e. The minimum absolute atomic E-state index is 0.00220. The van der Waals surface area contributed by atoms with Gasteiger partial charge in [0.05, 0.1) is 11.5 Å². The highest BCUT2D eigenvalue weighted by Crippen LogP contribution is 2.32. The van der Waals surface area contributed by atoms with E-state index in [9.17, 15) is 13.2 Å². The average Bonchev–Trinajstić information content (AvgIpc) is 3.01. The number of hydrogen-bond donors (Lipinski definition) is 2. The number of nitrogens with one attached hydrogen (secondary N) is 1. The maximum atomic E-state index is 11.8. The molecule has 2 fully saturated rings. The molecule has 3 N–H and O–H groups in total. The summed E-state index contributed by atoms with van der Waals surface area (Å²) in [6.45, 7) is 0.472. The van der Waals surface area contributed by atoms with Gasteiger partial charge in [-0.2, -0.15) is 0 Å². The summed E-state index contributed by atoms with van der Waals surface area (Å²) in [4.78, 5) is 11.8. The highest BCUT2D eigenvalue weighted by Gasteiger charge is 2.33. The van der Waals surface area contributed by atoms with Crippen LogP contribution in [0.3, 0.4) is 0 Å². The molecule has 1 saturated heterocycles. The molecule has 1 aliphatic heterocycles. The molecule has 1 heterocycles. The van der Waals surface area contributed by atoms with Crippen molar-refractivity contribution in [1.29, 1.82) is 0 Å². The molecule has 5 nitrogen and oxygen atoms in total. The van der Waals surface area contributed by atoms with E-state index in [4.69, 9.17) is 5.73 Å². The van der Waals surface area contributed by atoms with Gasteiger partial charge in [-0.15, -0.1) is 0 Å².